The number of anilines is 6. The standard InChI is InChI=1S/C62H66N2/c1-39-23-40(2)28-51(27-39)63(52-29-41(3)24-42(4)30-52)61-37-49(47-15-11-9-12-16-47)35-59-55-20-22-58-60(56(55)19-21-57(59)61)36-50(48-17-13-10-14-18-48)38-62(58)64(53-31-43(5)25-44(6)32-53)54-33-45(7)26-46(8)34-54/h19-38,47-48H,9-18H2,1-8H3. The van der Waals surface area contributed by atoms with E-state index in [1.54, 1.807) is 0 Å². The Balaban J connectivity index is 1.28. The molecule has 0 heterocycles. The van der Waals surface area contributed by atoms with Crippen LogP contribution in [0.2, 0.25) is 0 Å². The zero-order chi connectivity index (χ0) is 44.2. The minimum absolute atomic E-state index is 0.557. The topological polar surface area (TPSA) is 6.48 Å². The highest BCUT2D eigenvalue weighted by molar-refractivity contribution is 6.22. The average Bonchev–Trinajstić information content (AvgIpc) is 3.25. The van der Waals surface area contributed by atoms with E-state index in [1.807, 2.05) is 0 Å². The summed E-state index contributed by atoms with van der Waals surface area (Å²) in [5.74, 6) is 1.11. The molecule has 0 atom stereocenters. The molecule has 2 nitrogen and oxygen atoms in total. The van der Waals surface area contributed by atoms with E-state index in [2.05, 4.69) is 187 Å². The Morgan fingerprint density at radius 2 is 0.547 bits per heavy atom. The Kier molecular flexibility index (Phi) is 11.4. The molecule has 0 unspecified atom stereocenters. The molecule has 2 heteroatoms. The molecule has 0 aliphatic heterocycles. The zero-order valence-corrected chi connectivity index (χ0v) is 39.7. The van der Waals surface area contributed by atoms with E-state index in [0.717, 1.165) is 0 Å². The molecule has 0 bridgehead atoms. The molecule has 8 aromatic carbocycles. The van der Waals surface area contributed by atoms with Crippen molar-refractivity contribution in [2.24, 2.45) is 0 Å². The lowest BCUT2D eigenvalue weighted by molar-refractivity contribution is 0.444. The summed E-state index contributed by atoms with van der Waals surface area (Å²) in [6.07, 6.45) is 12.9. The number of rotatable bonds is 8. The lowest BCUT2D eigenvalue weighted by Crippen LogP contribution is -2.13. The molecule has 0 aromatic heterocycles. The summed E-state index contributed by atoms with van der Waals surface area (Å²) in [4.78, 5) is 5.15. The van der Waals surface area contributed by atoms with Gasteiger partial charge < -0.3 is 9.80 Å². The Morgan fingerprint density at radius 3 is 0.828 bits per heavy atom. The summed E-state index contributed by atoms with van der Waals surface area (Å²) in [5, 5.41) is 8.03. The van der Waals surface area contributed by atoms with Crippen LogP contribution in [0.3, 0.4) is 0 Å². The Morgan fingerprint density at radius 1 is 0.281 bits per heavy atom. The van der Waals surface area contributed by atoms with Gasteiger partial charge in [-0.25, -0.2) is 0 Å². The highest BCUT2D eigenvalue weighted by Gasteiger charge is 2.26. The minimum atomic E-state index is 0.557. The largest absolute Gasteiger partial charge is 0.310 e. The van der Waals surface area contributed by atoms with Crippen LogP contribution in [-0.4, -0.2) is 0 Å². The molecule has 10 rings (SSSR count). The predicted octanol–water partition coefficient (Wildman–Crippen LogP) is 18.6. The molecule has 8 aromatic rings. The smallest absolute Gasteiger partial charge is 0.0543 e. The summed E-state index contributed by atoms with van der Waals surface area (Å²) in [7, 11) is 0. The predicted molar refractivity (Wildman–Crippen MR) is 278 cm³/mol. The van der Waals surface area contributed by atoms with Crippen LogP contribution in [0, 0.1) is 55.4 Å². The lowest BCUT2D eigenvalue weighted by atomic mass is 9.81. The first-order chi connectivity index (χ1) is 30.9. The minimum Gasteiger partial charge on any atom is -0.310 e. The van der Waals surface area contributed by atoms with E-state index in [1.165, 1.54) is 186 Å². The van der Waals surface area contributed by atoms with E-state index in [0.29, 0.717) is 11.8 Å². The van der Waals surface area contributed by atoms with E-state index in [9.17, 15) is 0 Å². The number of nitrogens with zero attached hydrogens (tertiary/aromatic N) is 2. The third-order valence-electron chi connectivity index (χ3n) is 14.6. The van der Waals surface area contributed by atoms with Gasteiger partial charge in [0.2, 0.25) is 0 Å². The molecule has 64 heavy (non-hydrogen) atoms. The maximum Gasteiger partial charge on any atom is 0.0543 e. The molecule has 2 saturated carbocycles. The van der Waals surface area contributed by atoms with Crippen molar-refractivity contribution < 1.29 is 0 Å². The summed E-state index contributed by atoms with van der Waals surface area (Å²) < 4.78 is 0. The quantitative estimate of drug-likeness (QED) is 0.141. The Labute approximate surface area is 383 Å². The van der Waals surface area contributed by atoms with Crippen LogP contribution in [-0.2, 0) is 0 Å². The van der Waals surface area contributed by atoms with Crippen LogP contribution >= 0.6 is 0 Å². The fourth-order valence-electron chi connectivity index (χ4n) is 12.0. The maximum atomic E-state index is 2.60. The Bertz CT molecular complexity index is 2670. The third-order valence-corrected chi connectivity index (χ3v) is 14.6. The third kappa shape index (κ3) is 8.22. The summed E-state index contributed by atoms with van der Waals surface area (Å²) in [5.41, 5.74) is 20.7. The second kappa shape index (κ2) is 17.3. The van der Waals surface area contributed by atoms with Gasteiger partial charge in [0.05, 0.1) is 11.4 Å². The van der Waals surface area contributed by atoms with Gasteiger partial charge >= 0.3 is 0 Å². The van der Waals surface area contributed by atoms with Gasteiger partial charge in [-0.3, -0.25) is 0 Å². The van der Waals surface area contributed by atoms with Gasteiger partial charge in [-0.1, -0.05) is 99.2 Å². The molecule has 2 aliphatic carbocycles. The van der Waals surface area contributed by atoms with Crippen LogP contribution in [0.5, 0.6) is 0 Å². The fraction of sp³-hybridized carbons (Fsp3) is 0.323. The number of benzene rings is 8. The summed E-state index contributed by atoms with van der Waals surface area (Å²) in [6.45, 7) is 17.9. The van der Waals surface area contributed by atoms with Gasteiger partial charge in [-0.05, 0) is 231 Å². The van der Waals surface area contributed by atoms with Crippen molar-refractivity contribution in [2.75, 3.05) is 9.80 Å². The van der Waals surface area contributed by atoms with Crippen molar-refractivity contribution in [1.29, 1.82) is 0 Å². The molecule has 0 saturated heterocycles. The van der Waals surface area contributed by atoms with Crippen LogP contribution in [0.1, 0.15) is 132 Å². The summed E-state index contributed by atoms with van der Waals surface area (Å²) >= 11 is 0. The molecule has 0 spiro atoms. The Hall–Kier alpha value is -5.86. The lowest BCUT2D eigenvalue weighted by Gasteiger charge is -2.31. The van der Waals surface area contributed by atoms with Crippen LogP contribution in [0.15, 0.2) is 121 Å². The van der Waals surface area contributed by atoms with Crippen LogP contribution in [0.25, 0.3) is 32.3 Å². The molecule has 0 radical (unpaired) electrons. The van der Waals surface area contributed by atoms with Gasteiger partial charge in [-0.2, -0.15) is 0 Å². The van der Waals surface area contributed by atoms with Gasteiger partial charge in [0.25, 0.3) is 0 Å². The van der Waals surface area contributed by atoms with Crippen molar-refractivity contribution in [3.05, 3.63) is 177 Å². The molecule has 324 valence electrons. The molecule has 2 aliphatic rings. The molecule has 2 fully saturated rings. The molecular formula is C62H66N2. The zero-order valence-electron chi connectivity index (χ0n) is 39.7. The van der Waals surface area contributed by atoms with E-state index in [-0.39, 0.29) is 0 Å². The highest BCUT2D eigenvalue weighted by atomic mass is 15.1. The van der Waals surface area contributed by atoms with E-state index < -0.39 is 0 Å². The van der Waals surface area contributed by atoms with Crippen molar-refractivity contribution in [1.82, 2.24) is 0 Å². The normalized spacial score (nSPS) is 15.1. The van der Waals surface area contributed by atoms with Crippen LogP contribution < -0.4 is 9.80 Å². The van der Waals surface area contributed by atoms with Crippen molar-refractivity contribution in [2.45, 2.75) is 131 Å². The maximum absolute atomic E-state index is 2.60. The monoisotopic (exact) mass is 839 g/mol. The van der Waals surface area contributed by atoms with Gasteiger partial charge in [0, 0.05) is 33.5 Å². The van der Waals surface area contributed by atoms with Crippen molar-refractivity contribution in [3.8, 4) is 0 Å². The van der Waals surface area contributed by atoms with Crippen molar-refractivity contribution >= 4 is 66.4 Å². The van der Waals surface area contributed by atoms with Gasteiger partial charge in [-0.15, -0.1) is 0 Å². The van der Waals surface area contributed by atoms with Crippen molar-refractivity contribution in [3.63, 3.8) is 0 Å². The first kappa shape index (κ1) is 42.1. The SMILES string of the molecule is Cc1cc(C)cc(N(c2cc(C)cc(C)c2)c2cc(C3CCCCC3)cc3c2ccc2c4cc(C5CCCCC5)cc(N(c5cc(C)cc(C)c5)c5cc(C)cc(C)c5)c4ccc32)c1. The van der Waals surface area contributed by atoms with Gasteiger partial charge in [0.1, 0.15) is 0 Å². The van der Waals surface area contributed by atoms with E-state index in [4.69, 9.17) is 0 Å². The van der Waals surface area contributed by atoms with E-state index >= 15 is 0 Å². The fourth-order valence-corrected chi connectivity index (χ4v) is 12.0. The first-order valence-electron chi connectivity index (χ1n) is 24.4. The molecule has 0 amide bonds. The number of hydrogen-bond acceptors (Lipinski definition) is 2. The second-order valence-corrected chi connectivity index (χ2v) is 20.2. The van der Waals surface area contributed by atoms with Gasteiger partial charge in [0.15, 0.2) is 0 Å². The second-order valence-electron chi connectivity index (χ2n) is 20.2. The first-order valence-corrected chi connectivity index (χ1v) is 24.4. The number of fused-ring (bicyclic) bond motifs is 5. The molecular weight excluding hydrogens is 773 g/mol. The van der Waals surface area contributed by atoms with Crippen LogP contribution in [0.4, 0.5) is 34.1 Å². The average molecular weight is 839 g/mol. The highest BCUT2D eigenvalue weighted by Crippen LogP contribution is 2.49. The molecule has 0 N–H and O–H groups in total. The summed E-state index contributed by atoms with van der Waals surface area (Å²) in [6, 6.07) is 48.5. The number of hydrogen-bond donors (Lipinski definition) is 0. The number of aryl methyl sites for hydroxylation is 8.